The van der Waals surface area contributed by atoms with E-state index in [1.807, 2.05) is 0 Å². The lowest BCUT2D eigenvalue weighted by Gasteiger charge is -2.21. The number of rotatable bonds is 7. The van der Waals surface area contributed by atoms with E-state index in [-0.39, 0.29) is 11.6 Å². The molecule has 0 spiro atoms. The van der Waals surface area contributed by atoms with Gasteiger partial charge in [-0.3, -0.25) is 0 Å². The molecule has 0 saturated heterocycles. The minimum Gasteiger partial charge on any atom is -0.491 e. The number of aryl methyl sites for hydroxylation is 1. The fraction of sp³-hybridized carbons (Fsp3) is 0.684. The zero-order chi connectivity index (χ0) is 16.0. The van der Waals surface area contributed by atoms with Crippen molar-refractivity contribution in [2.24, 2.45) is 0 Å². The smallest absolute Gasteiger partial charge is 0.119 e. The number of hydrogen-bond donors (Lipinski definition) is 1. The molecule has 21 heavy (non-hydrogen) atoms. The van der Waals surface area contributed by atoms with Crippen LogP contribution < -0.4 is 10.1 Å². The molecular weight excluding hydrogens is 258 g/mol. The Labute approximate surface area is 131 Å². The summed E-state index contributed by atoms with van der Waals surface area (Å²) in [5.41, 5.74) is 2.93. The van der Waals surface area contributed by atoms with Crippen molar-refractivity contribution in [1.29, 1.82) is 0 Å². The van der Waals surface area contributed by atoms with E-state index in [2.05, 4.69) is 72.0 Å². The lowest BCUT2D eigenvalue weighted by atomic mass is 9.98. The molecule has 1 rings (SSSR count). The van der Waals surface area contributed by atoms with Gasteiger partial charge in [0.25, 0.3) is 0 Å². The van der Waals surface area contributed by atoms with E-state index < -0.39 is 0 Å². The van der Waals surface area contributed by atoms with Crippen molar-refractivity contribution in [3.05, 3.63) is 29.3 Å². The lowest BCUT2D eigenvalue weighted by Crippen LogP contribution is -2.36. The van der Waals surface area contributed by atoms with Crippen molar-refractivity contribution in [2.45, 2.75) is 78.9 Å². The molecule has 0 saturated carbocycles. The number of hydrogen-bond acceptors (Lipinski definition) is 2. The maximum Gasteiger partial charge on any atom is 0.119 e. The molecule has 1 N–H and O–H groups in total. The summed E-state index contributed by atoms with van der Waals surface area (Å²) in [4.78, 5) is 0. The van der Waals surface area contributed by atoms with Gasteiger partial charge in [-0.05, 0) is 83.2 Å². The Balaban J connectivity index is 2.41. The molecule has 0 aliphatic heterocycles. The van der Waals surface area contributed by atoms with Gasteiger partial charge in [0.15, 0.2) is 0 Å². The van der Waals surface area contributed by atoms with E-state index >= 15 is 0 Å². The summed E-state index contributed by atoms with van der Waals surface area (Å²) < 4.78 is 6.03. The second-order valence-electron chi connectivity index (χ2n) is 7.42. The molecule has 0 aliphatic rings. The SMILES string of the molecule is Cc1cc(OC(C)CCCNC(C)(C)C)ccc1C(C)C. The van der Waals surface area contributed by atoms with E-state index in [9.17, 15) is 0 Å². The highest BCUT2D eigenvalue weighted by atomic mass is 16.5. The highest BCUT2D eigenvalue weighted by Gasteiger charge is 2.10. The second kappa shape index (κ2) is 7.84. The van der Waals surface area contributed by atoms with Crippen molar-refractivity contribution >= 4 is 0 Å². The lowest BCUT2D eigenvalue weighted by molar-refractivity contribution is 0.205. The van der Waals surface area contributed by atoms with Crippen LogP contribution >= 0.6 is 0 Å². The molecule has 0 amide bonds. The molecule has 0 radical (unpaired) electrons. The molecule has 2 heteroatoms. The molecule has 1 aromatic carbocycles. The minimum absolute atomic E-state index is 0.202. The summed E-state index contributed by atoms with van der Waals surface area (Å²) in [7, 11) is 0. The van der Waals surface area contributed by atoms with Gasteiger partial charge >= 0.3 is 0 Å². The quantitative estimate of drug-likeness (QED) is 0.709. The van der Waals surface area contributed by atoms with Gasteiger partial charge in [-0.15, -0.1) is 0 Å². The summed E-state index contributed by atoms with van der Waals surface area (Å²) in [5.74, 6) is 1.56. The molecule has 0 heterocycles. The highest BCUT2D eigenvalue weighted by Crippen LogP contribution is 2.24. The fourth-order valence-electron chi connectivity index (χ4n) is 2.51. The van der Waals surface area contributed by atoms with Gasteiger partial charge in [-0.25, -0.2) is 0 Å². The van der Waals surface area contributed by atoms with Crippen molar-refractivity contribution < 1.29 is 4.74 Å². The van der Waals surface area contributed by atoms with Crippen LogP contribution in [0.2, 0.25) is 0 Å². The first-order valence-corrected chi connectivity index (χ1v) is 8.21. The summed E-state index contributed by atoms with van der Waals surface area (Å²) in [6.07, 6.45) is 2.48. The average molecular weight is 291 g/mol. The predicted octanol–water partition coefficient (Wildman–Crippen LogP) is 5.05. The topological polar surface area (TPSA) is 21.3 Å². The second-order valence-corrected chi connectivity index (χ2v) is 7.42. The van der Waals surface area contributed by atoms with Crippen LogP contribution in [-0.4, -0.2) is 18.2 Å². The summed E-state index contributed by atoms with van der Waals surface area (Å²) in [6.45, 7) is 16.4. The van der Waals surface area contributed by atoms with E-state index in [4.69, 9.17) is 4.74 Å². The van der Waals surface area contributed by atoms with E-state index in [0.717, 1.165) is 25.1 Å². The number of nitrogens with one attached hydrogen (secondary N) is 1. The third kappa shape index (κ3) is 6.99. The Bertz CT molecular complexity index is 432. The van der Waals surface area contributed by atoms with Gasteiger partial charge in [0.2, 0.25) is 0 Å². The normalized spacial score (nSPS) is 13.5. The van der Waals surface area contributed by atoms with E-state index in [0.29, 0.717) is 5.92 Å². The van der Waals surface area contributed by atoms with Crippen LogP contribution in [0.3, 0.4) is 0 Å². The van der Waals surface area contributed by atoms with Gasteiger partial charge < -0.3 is 10.1 Å². The van der Waals surface area contributed by atoms with Crippen LogP contribution in [0.5, 0.6) is 5.75 Å². The average Bonchev–Trinajstić information content (AvgIpc) is 2.33. The Morgan fingerprint density at radius 3 is 2.33 bits per heavy atom. The molecule has 2 nitrogen and oxygen atoms in total. The number of ether oxygens (including phenoxy) is 1. The zero-order valence-corrected chi connectivity index (χ0v) is 14.9. The van der Waals surface area contributed by atoms with E-state index in [1.54, 1.807) is 0 Å². The summed E-state index contributed by atoms with van der Waals surface area (Å²) in [5, 5.41) is 3.51. The maximum atomic E-state index is 6.03. The molecule has 120 valence electrons. The standard InChI is InChI=1S/C19H33NO/c1-14(2)18-11-10-17(13-15(18)3)21-16(4)9-8-12-20-19(5,6)7/h10-11,13-14,16,20H,8-9,12H2,1-7H3. The molecule has 1 aromatic rings. The van der Waals surface area contributed by atoms with Crippen molar-refractivity contribution in [1.82, 2.24) is 5.32 Å². The summed E-state index contributed by atoms with van der Waals surface area (Å²) >= 11 is 0. The third-order valence-electron chi connectivity index (χ3n) is 3.64. The van der Waals surface area contributed by atoms with Crippen LogP contribution in [0.4, 0.5) is 0 Å². The molecular formula is C19H33NO. The van der Waals surface area contributed by atoms with Crippen molar-refractivity contribution in [2.75, 3.05) is 6.54 Å². The Hall–Kier alpha value is -1.02. The maximum absolute atomic E-state index is 6.03. The van der Waals surface area contributed by atoms with Crippen molar-refractivity contribution in [3.63, 3.8) is 0 Å². The molecule has 0 bridgehead atoms. The Morgan fingerprint density at radius 2 is 1.81 bits per heavy atom. The van der Waals surface area contributed by atoms with Gasteiger partial charge in [-0.1, -0.05) is 19.9 Å². The van der Waals surface area contributed by atoms with Crippen molar-refractivity contribution in [3.8, 4) is 5.75 Å². The van der Waals surface area contributed by atoms with Crippen LogP contribution in [0, 0.1) is 6.92 Å². The molecule has 0 fully saturated rings. The predicted molar refractivity (Wildman–Crippen MR) is 92.3 cm³/mol. The molecule has 1 unspecified atom stereocenters. The monoisotopic (exact) mass is 291 g/mol. The fourth-order valence-corrected chi connectivity index (χ4v) is 2.51. The highest BCUT2D eigenvalue weighted by molar-refractivity contribution is 5.36. The van der Waals surface area contributed by atoms with Crippen LogP contribution in [-0.2, 0) is 0 Å². The Kier molecular flexibility index (Phi) is 6.73. The zero-order valence-electron chi connectivity index (χ0n) is 14.9. The molecule has 0 aliphatic carbocycles. The van der Waals surface area contributed by atoms with Gasteiger partial charge in [0.1, 0.15) is 5.75 Å². The van der Waals surface area contributed by atoms with Gasteiger partial charge in [0.05, 0.1) is 6.10 Å². The molecule has 1 atom stereocenters. The number of benzene rings is 1. The van der Waals surface area contributed by atoms with Crippen LogP contribution in [0.25, 0.3) is 0 Å². The largest absolute Gasteiger partial charge is 0.491 e. The van der Waals surface area contributed by atoms with Gasteiger partial charge in [0, 0.05) is 5.54 Å². The Morgan fingerprint density at radius 1 is 1.14 bits per heavy atom. The van der Waals surface area contributed by atoms with Crippen LogP contribution in [0.1, 0.15) is 71.4 Å². The molecule has 0 aromatic heterocycles. The van der Waals surface area contributed by atoms with Crippen LogP contribution in [0.15, 0.2) is 18.2 Å². The van der Waals surface area contributed by atoms with E-state index in [1.165, 1.54) is 11.1 Å². The minimum atomic E-state index is 0.202. The first-order chi connectivity index (χ1) is 9.69. The summed E-state index contributed by atoms with van der Waals surface area (Å²) in [6, 6.07) is 6.47. The first kappa shape index (κ1) is 18.0. The third-order valence-corrected chi connectivity index (χ3v) is 3.64. The first-order valence-electron chi connectivity index (χ1n) is 8.21. The van der Waals surface area contributed by atoms with Gasteiger partial charge in [-0.2, -0.15) is 0 Å².